The van der Waals surface area contributed by atoms with Crippen molar-refractivity contribution in [3.8, 4) is 11.5 Å². The minimum Gasteiger partial charge on any atom is -0.486 e. The van der Waals surface area contributed by atoms with Crippen molar-refractivity contribution in [3.63, 3.8) is 0 Å². The van der Waals surface area contributed by atoms with Crippen LogP contribution in [0.25, 0.3) is 16.3 Å². The van der Waals surface area contributed by atoms with Crippen molar-refractivity contribution < 1.29 is 14.3 Å². The van der Waals surface area contributed by atoms with Crippen molar-refractivity contribution in [3.05, 3.63) is 59.1 Å². The number of benzene rings is 2. The molecule has 27 heavy (non-hydrogen) atoms. The molecule has 0 atom stereocenters. The molecule has 6 heteroatoms. The molecule has 0 saturated carbocycles. The molecule has 0 fully saturated rings. The Morgan fingerprint density at radius 1 is 1.15 bits per heavy atom. The highest BCUT2D eigenvalue weighted by molar-refractivity contribution is 7.19. The molecule has 1 aromatic heterocycles. The minimum absolute atomic E-state index is 0.172. The van der Waals surface area contributed by atoms with Crippen LogP contribution in [0.2, 0.25) is 0 Å². The topological polar surface area (TPSA) is 60.5 Å². The second-order valence-electron chi connectivity index (χ2n) is 6.83. The fourth-order valence-electron chi connectivity index (χ4n) is 2.96. The number of para-hydroxylation sites is 1. The molecule has 1 aliphatic heterocycles. The molecule has 3 aromatic rings. The second-order valence-corrected chi connectivity index (χ2v) is 7.89. The SMILES string of the molecule is CC(C)(NC(=O)/C=C/c1nc2ccccc2s1)c1ccc2c(c1)OCCO2. The molecule has 0 aliphatic carbocycles. The quantitative estimate of drug-likeness (QED) is 0.692. The van der Waals surface area contributed by atoms with Gasteiger partial charge in [-0.3, -0.25) is 4.79 Å². The molecule has 1 aliphatic rings. The normalized spacial score (nSPS) is 13.9. The van der Waals surface area contributed by atoms with Gasteiger partial charge in [-0.15, -0.1) is 11.3 Å². The second kappa shape index (κ2) is 7.04. The Hall–Kier alpha value is -2.86. The number of nitrogens with one attached hydrogen (secondary N) is 1. The molecular formula is C21H20N2O3S. The van der Waals surface area contributed by atoms with Crippen LogP contribution in [0.3, 0.4) is 0 Å². The van der Waals surface area contributed by atoms with E-state index in [2.05, 4.69) is 10.3 Å². The Bertz CT molecular complexity index is 990. The average Bonchev–Trinajstić information content (AvgIpc) is 3.09. The van der Waals surface area contributed by atoms with Gasteiger partial charge in [0.25, 0.3) is 0 Å². The number of rotatable bonds is 4. The van der Waals surface area contributed by atoms with Gasteiger partial charge in [0.15, 0.2) is 11.5 Å². The summed E-state index contributed by atoms with van der Waals surface area (Å²) in [5, 5.41) is 3.85. The lowest BCUT2D eigenvalue weighted by Gasteiger charge is -2.28. The van der Waals surface area contributed by atoms with E-state index in [-0.39, 0.29) is 5.91 Å². The van der Waals surface area contributed by atoms with E-state index in [1.165, 1.54) is 6.08 Å². The van der Waals surface area contributed by atoms with Crippen molar-refractivity contribution in [1.29, 1.82) is 0 Å². The van der Waals surface area contributed by atoms with E-state index in [0.717, 1.165) is 26.5 Å². The van der Waals surface area contributed by atoms with Crippen molar-refractivity contribution in [1.82, 2.24) is 10.3 Å². The molecule has 2 aromatic carbocycles. The summed E-state index contributed by atoms with van der Waals surface area (Å²) < 4.78 is 12.3. The number of hydrogen-bond donors (Lipinski definition) is 1. The highest BCUT2D eigenvalue weighted by Crippen LogP contribution is 2.34. The zero-order valence-electron chi connectivity index (χ0n) is 15.2. The number of amides is 1. The molecule has 0 spiro atoms. The van der Waals surface area contributed by atoms with Crippen LogP contribution in [0, 0.1) is 0 Å². The predicted molar refractivity (Wildman–Crippen MR) is 107 cm³/mol. The molecule has 0 unspecified atom stereocenters. The summed E-state index contributed by atoms with van der Waals surface area (Å²) in [5.74, 6) is 1.28. The van der Waals surface area contributed by atoms with Gasteiger partial charge in [0.1, 0.15) is 18.2 Å². The van der Waals surface area contributed by atoms with Crippen LogP contribution in [0.15, 0.2) is 48.5 Å². The molecular weight excluding hydrogens is 360 g/mol. The summed E-state index contributed by atoms with van der Waals surface area (Å²) in [6, 6.07) is 13.7. The van der Waals surface area contributed by atoms with Crippen molar-refractivity contribution >= 4 is 33.5 Å². The van der Waals surface area contributed by atoms with Crippen LogP contribution in [-0.4, -0.2) is 24.1 Å². The van der Waals surface area contributed by atoms with Crippen LogP contribution in [0.4, 0.5) is 0 Å². The molecule has 2 heterocycles. The number of thiazole rings is 1. The van der Waals surface area contributed by atoms with Gasteiger partial charge in [-0.2, -0.15) is 0 Å². The van der Waals surface area contributed by atoms with Gasteiger partial charge in [-0.05, 0) is 49.8 Å². The van der Waals surface area contributed by atoms with Crippen molar-refractivity contribution in [2.45, 2.75) is 19.4 Å². The Balaban J connectivity index is 1.47. The fraction of sp³-hybridized carbons (Fsp3) is 0.238. The maximum atomic E-state index is 12.4. The van der Waals surface area contributed by atoms with Gasteiger partial charge in [0, 0.05) is 6.08 Å². The number of ether oxygens (including phenoxy) is 2. The highest BCUT2D eigenvalue weighted by Gasteiger charge is 2.24. The summed E-state index contributed by atoms with van der Waals surface area (Å²) in [7, 11) is 0. The van der Waals surface area contributed by atoms with E-state index in [4.69, 9.17) is 9.47 Å². The van der Waals surface area contributed by atoms with Gasteiger partial charge < -0.3 is 14.8 Å². The number of fused-ring (bicyclic) bond motifs is 2. The first kappa shape index (κ1) is 17.5. The number of hydrogen-bond acceptors (Lipinski definition) is 5. The molecule has 1 amide bonds. The molecule has 0 radical (unpaired) electrons. The van der Waals surface area contributed by atoms with E-state index >= 15 is 0 Å². The van der Waals surface area contributed by atoms with Crippen LogP contribution in [-0.2, 0) is 10.3 Å². The fourth-order valence-corrected chi connectivity index (χ4v) is 3.83. The van der Waals surface area contributed by atoms with Crippen LogP contribution >= 0.6 is 11.3 Å². The monoisotopic (exact) mass is 380 g/mol. The van der Waals surface area contributed by atoms with Gasteiger partial charge in [-0.1, -0.05) is 18.2 Å². The van der Waals surface area contributed by atoms with E-state index in [0.29, 0.717) is 19.0 Å². The Morgan fingerprint density at radius 3 is 2.74 bits per heavy atom. The summed E-state index contributed by atoms with van der Waals surface area (Å²) in [6.45, 7) is 5.01. The maximum absolute atomic E-state index is 12.4. The van der Waals surface area contributed by atoms with E-state index in [1.54, 1.807) is 17.4 Å². The predicted octanol–water partition coefficient (Wildman–Crippen LogP) is 4.13. The Kier molecular flexibility index (Phi) is 4.58. The van der Waals surface area contributed by atoms with Crippen LogP contribution in [0.1, 0.15) is 24.4 Å². The van der Waals surface area contributed by atoms with Crippen molar-refractivity contribution in [2.24, 2.45) is 0 Å². The van der Waals surface area contributed by atoms with Crippen LogP contribution < -0.4 is 14.8 Å². The summed E-state index contributed by atoms with van der Waals surface area (Å²) in [5.41, 5.74) is 1.35. The third-order valence-corrected chi connectivity index (χ3v) is 5.39. The summed E-state index contributed by atoms with van der Waals surface area (Å²) in [6.07, 6.45) is 3.28. The zero-order valence-corrected chi connectivity index (χ0v) is 16.0. The highest BCUT2D eigenvalue weighted by atomic mass is 32.1. The third kappa shape index (κ3) is 3.80. The van der Waals surface area contributed by atoms with Crippen molar-refractivity contribution in [2.75, 3.05) is 13.2 Å². The first-order chi connectivity index (χ1) is 13.0. The lowest BCUT2D eigenvalue weighted by Crippen LogP contribution is -2.40. The largest absolute Gasteiger partial charge is 0.486 e. The number of nitrogens with zero attached hydrogens (tertiary/aromatic N) is 1. The average molecular weight is 380 g/mol. The van der Waals surface area contributed by atoms with Gasteiger partial charge in [0.2, 0.25) is 5.91 Å². The molecule has 4 rings (SSSR count). The first-order valence-electron chi connectivity index (χ1n) is 8.77. The number of carbonyl (C=O) groups is 1. The Labute approximate surface area is 161 Å². The summed E-state index contributed by atoms with van der Waals surface area (Å²) in [4.78, 5) is 16.9. The molecule has 1 N–H and O–H groups in total. The smallest absolute Gasteiger partial charge is 0.244 e. The lowest BCUT2D eigenvalue weighted by molar-refractivity contribution is -0.118. The maximum Gasteiger partial charge on any atom is 0.244 e. The molecule has 138 valence electrons. The zero-order chi connectivity index (χ0) is 18.9. The molecule has 0 saturated heterocycles. The van der Waals surface area contributed by atoms with Gasteiger partial charge in [0.05, 0.1) is 15.8 Å². The number of carbonyl (C=O) groups excluding carboxylic acids is 1. The standard InChI is InChI=1S/C21H20N2O3S/c1-21(2,14-7-8-16-17(13-14)26-12-11-25-16)23-19(24)9-10-20-22-15-5-3-4-6-18(15)27-20/h3-10,13H,11-12H2,1-2H3,(H,23,24)/b10-9+. The van der Waals surface area contributed by atoms with Crippen LogP contribution in [0.5, 0.6) is 11.5 Å². The number of aromatic nitrogens is 1. The third-order valence-electron chi connectivity index (χ3n) is 4.39. The summed E-state index contributed by atoms with van der Waals surface area (Å²) >= 11 is 1.56. The van der Waals surface area contributed by atoms with E-state index in [9.17, 15) is 4.79 Å². The molecule has 5 nitrogen and oxygen atoms in total. The lowest BCUT2D eigenvalue weighted by atomic mass is 9.93. The van der Waals surface area contributed by atoms with Gasteiger partial charge >= 0.3 is 0 Å². The van der Waals surface area contributed by atoms with E-state index < -0.39 is 5.54 Å². The van der Waals surface area contributed by atoms with E-state index in [1.807, 2.05) is 56.3 Å². The van der Waals surface area contributed by atoms with Gasteiger partial charge in [-0.25, -0.2) is 4.98 Å². The minimum atomic E-state index is -0.551. The molecule has 0 bridgehead atoms. The first-order valence-corrected chi connectivity index (χ1v) is 9.59. The Morgan fingerprint density at radius 2 is 1.93 bits per heavy atom.